The average molecular weight is 400 g/mol. The molecular weight excluding hydrogens is 378 g/mol. The van der Waals surface area contributed by atoms with Gasteiger partial charge in [-0.25, -0.2) is 0 Å². The molecule has 2 aliphatic rings. The molecule has 146 valence electrons. The zero-order valence-electron chi connectivity index (χ0n) is 15.4. The van der Waals surface area contributed by atoms with Crippen molar-refractivity contribution in [2.24, 2.45) is 0 Å². The summed E-state index contributed by atoms with van der Waals surface area (Å²) in [5, 5.41) is 6.59. The minimum atomic E-state index is -0.210. The number of hydrogen-bond acceptors (Lipinski definition) is 4. The molecule has 2 heterocycles. The van der Waals surface area contributed by atoms with Crippen molar-refractivity contribution >= 4 is 29.1 Å². The number of nitrogens with one attached hydrogen (secondary N) is 2. The predicted molar refractivity (Wildman–Crippen MR) is 108 cm³/mol. The first-order valence-corrected chi connectivity index (χ1v) is 9.79. The van der Waals surface area contributed by atoms with Crippen LogP contribution in [0.3, 0.4) is 0 Å². The first kappa shape index (κ1) is 18.8. The largest absolute Gasteiger partial charge is 0.482 e. The molecule has 2 N–H and O–H groups in total. The molecule has 1 fully saturated rings. The van der Waals surface area contributed by atoms with Gasteiger partial charge < -0.3 is 15.4 Å². The van der Waals surface area contributed by atoms with E-state index in [9.17, 15) is 9.59 Å². The number of anilines is 1. The van der Waals surface area contributed by atoms with Gasteiger partial charge in [0.1, 0.15) is 5.75 Å². The van der Waals surface area contributed by atoms with E-state index in [2.05, 4.69) is 27.7 Å². The lowest BCUT2D eigenvalue weighted by Gasteiger charge is -2.32. The topological polar surface area (TPSA) is 70.7 Å². The number of nitrogens with zero attached hydrogens (tertiary/aromatic N) is 1. The third-order valence-electron chi connectivity index (χ3n) is 5.12. The number of hydrogen-bond donors (Lipinski definition) is 2. The second kappa shape index (κ2) is 8.20. The van der Waals surface area contributed by atoms with Crippen LogP contribution < -0.4 is 15.4 Å². The van der Waals surface area contributed by atoms with Crippen molar-refractivity contribution in [3.8, 4) is 5.75 Å². The van der Waals surface area contributed by atoms with Crippen LogP contribution in [0.25, 0.3) is 0 Å². The summed E-state index contributed by atoms with van der Waals surface area (Å²) in [4.78, 5) is 26.4. The van der Waals surface area contributed by atoms with Crippen LogP contribution in [0.15, 0.2) is 42.5 Å². The quantitative estimate of drug-likeness (QED) is 0.828. The Hall–Kier alpha value is -2.57. The third-order valence-corrected chi connectivity index (χ3v) is 5.37. The molecule has 0 bridgehead atoms. The van der Waals surface area contributed by atoms with Gasteiger partial charge in [-0.2, -0.15) is 0 Å². The minimum Gasteiger partial charge on any atom is -0.482 e. The van der Waals surface area contributed by atoms with E-state index in [0.717, 1.165) is 37.5 Å². The fourth-order valence-electron chi connectivity index (χ4n) is 3.58. The minimum absolute atomic E-state index is 0.00708. The Morgan fingerprint density at radius 3 is 2.68 bits per heavy atom. The van der Waals surface area contributed by atoms with E-state index < -0.39 is 0 Å². The summed E-state index contributed by atoms with van der Waals surface area (Å²) in [7, 11) is 0. The lowest BCUT2D eigenvalue weighted by Crippen LogP contribution is -2.44. The number of ether oxygens (including phenoxy) is 1. The van der Waals surface area contributed by atoms with Gasteiger partial charge in [-0.15, -0.1) is 0 Å². The average Bonchev–Trinajstić information content (AvgIpc) is 2.70. The number of amides is 2. The molecule has 28 heavy (non-hydrogen) atoms. The molecular formula is C21H22ClN3O3. The number of carbonyl (C=O) groups is 2. The maximum absolute atomic E-state index is 12.6. The van der Waals surface area contributed by atoms with Gasteiger partial charge in [0.15, 0.2) is 6.61 Å². The maximum atomic E-state index is 12.6. The number of fused-ring (bicyclic) bond motifs is 1. The Bertz CT molecular complexity index is 877. The summed E-state index contributed by atoms with van der Waals surface area (Å²) < 4.78 is 5.33. The van der Waals surface area contributed by atoms with Crippen LogP contribution in [0, 0.1) is 0 Å². The molecule has 0 aliphatic carbocycles. The molecule has 0 aromatic heterocycles. The van der Waals surface area contributed by atoms with Crippen LogP contribution in [0.2, 0.25) is 5.02 Å². The summed E-state index contributed by atoms with van der Waals surface area (Å²) in [6, 6.07) is 13.2. The number of carbonyl (C=O) groups excluding carboxylic acids is 2. The SMILES string of the molecule is O=C1COc2ccc(C(=O)NC3CCN(Cc4ccc(Cl)cc4)CC3)cc2N1. The lowest BCUT2D eigenvalue weighted by molar-refractivity contribution is -0.118. The van der Waals surface area contributed by atoms with Gasteiger partial charge in [0.2, 0.25) is 0 Å². The number of piperidine rings is 1. The molecule has 6 nitrogen and oxygen atoms in total. The van der Waals surface area contributed by atoms with Crippen molar-refractivity contribution in [1.29, 1.82) is 0 Å². The number of halogens is 1. The van der Waals surface area contributed by atoms with Crippen molar-refractivity contribution in [2.75, 3.05) is 25.0 Å². The molecule has 7 heteroatoms. The van der Waals surface area contributed by atoms with Gasteiger partial charge in [-0.1, -0.05) is 23.7 Å². The van der Waals surface area contributed by atoms with Crippen LogP contribution in [0.4, 0.5) is 5.69 Å². The van der Waals surface area contributed by atoms with E-state index in [1.807, 2.05) is 12.1 Å². The molecule has 0 atom stereocenters. The fraction of sp³-hybridized carbons (Fsp3) is 0.333. The smallest absolute Gasteiger partial charge is 0.262 e. The summed E-state index contributed by atoms with van der Waals surface area (Å²) in [5.74, 6) is 0.253. The Morgan fingerprint density at radius 1 is 1.18 bits per heavy atom. The maximum Gasteiger partial charge on any atom is 0.262 e. The van der Waals surface area contributed by atoms with Gasteiger partial charge in [-0.3, -0.25) is 14.5 Å². The van der Waals surface area contributed by atoms with E-state index in [0.29, 0.717) is 17.0 Å². The highest BCUT2D eigenvalue weighted by atomic mass is 35.5. The van der Waals surface area contributed by atoms with Gasteiger partial charge >= 0.3 is 0 Å². The molecule has 4 rings (SSSR count). The first-order valence-electron chi connectivity index (χ1n) is 9.41. The van der Waals surface area contributed by atoms with Gasteiger partial charge in [0, 0.05) is 36.3 Å². The van der Waals surface area contributed by atoms with Crippen LogP contribution >= 0.6 is 11.6 Å². The van der Waals surface area contributed by atoms with Crippen molar-refractivity contribution in [3.63, 3.8) is 0 Å². The van der Waals surface area contributed by atoms with Crippen molar-refractivity contribution < 1.29 is 14.3 Å². The second-order valence-corrected chi connectivity index (χ2v) is 7.63. The highest BCUT2D eigenvalue weighted by molar-refractivity contribution is 6.30. The molecule has 2 aromatic carbocycles. The molecule has 0 radical (unpaired) electrons. The highest BCUT2D eigenvalue weighted by Crippen LogP contribution is 2.28. The zero-order chi connectivity index (χ0) is 19.5. The zero-order valence-corrected chi connectivity index (χ0v) is 16.2. The van der Waals surface area contributed by atoms with E-state index >= 15 is 0 Å². The third kappa shape index (κ3) is 4.46. The lowest BCUT2D eigenvalue weighted by atomic mass is 10.0. The number of benzene rings is 2. The molecule has 2 amide bonds. The predicted octanol–water partition coefficient (Wildman–Crippen LogP) is 3.07. The van der Waals surface area contributed by atoms with Gasteiger partial charge in [0.25, 0.3) is 11.8 Å². The summed E-state index contributed by atoms with van der Waals surface area (Å²) >= 11 is 5.94. The second-order valence-electron chi connectivity index (χ2n) is 7.20. The number of rotatable bonds is 4. The summed E-state index contributed by atoms with van der Waals surface area (Å²) in [5.41, 5.74) is 2.31. The number of likely N-dealkylation sites (tertiary alicyclic amines) is 1. The van der Waals surface area contributed by atoms with Crippen molar-refractivity contribution in [3.05, 3.63) is 58.6 Å². The van der Waals surface area contributed by atoms with Gasteiger partial charge in [0.05, 0.1) is 5.69 Å². The van der Waals surface area contributed by atoms with Crippen LogP contribution in [0.1, 0.15) is 28.8 Å². The van der Waals surface area contributed by atoms with Crippen molar-refractivity contribution in [2.45, 2.75) is 25.4 Å². The highest BCUT2D eigenvalue weighted by Gasteiger charge is 2.23. The van der Waals surface area contributed by atoms with Crippen LogP contribution in [-0.4, -0.2) is 42.5 Å². The Labute approximate surface area is 168 Å². The summed E-state index contributed by atoms with van der Waals surface area (Å²) in [6.07, 6.45) is 1.81. The van der Waals surface area contributed by atoms with Crippen molar-refractivity contribution in [1.82, 2.24) is 10.2 Å². The Balaban J connectivity index is 1.30. The molecule has 0 unspecified atom stereocenters. The molecule has 1 saturated heterocycles. The first-order chi connectivity index (χ1) is 13.6. The van der Waals surface area contributed by atoms with E-state index in [1.165, 1.54) is 5.56 Å². The standard InChI is InChI=1S/C21H22ClN3O3/c22-16-4-1-14(2-5-16)12-25-9-7-17(8-10-25)23-21(27)15-3-6-19-18(11-15)24-20(26)13-28-19/h1-6,11,17H,7-10,12-13H2,(H,23,27)(H,24,26). The van der Waals surface area contributed by atoms with Gasteiger partial charge in [-0.05, 0) is 48.7 Å². The van der Waals surface area contributed by atoms with Crippen LogP contribution in [0.5, 0.6) is 5.75 Å². The normalized spacial score (nSPS) is 17.4. The van der Waals surface area contributed by atoms with E-state index in [1.54, 1.807) is 18.2 Å². The van der Waals surface area contributed by atoms with E-state index in [4.69, 9.17) is 16.3 Å². The van der Waals surface area contributed by atoms with Crippen LogP contribution in [-0.2, 0) is 11.3 Å². The monoisotopic (exact) mass is 399 g/mol. The van der Waals surface area contributed by atoms with E-state index in [-0.39, 0.29) is 24.5 Å². The Morgan fingerprint density at radius 2 is 1.93 bits per heavy atom. The molecule has 0 saturated carbocycles. The Kier molecular flexibility index (Phi) is 5.50. The summed E-state index contributed by atoms with van der Waals surface area (Å²) in [6.45, 7) is 2.76. The molecule has 2 aromatic rings. The fourth-order valence-corrected chi connectivity index (χ4v) is 3.70. The molecule has 2 aliphatic heterocycles. The molecule has 0 spiro atoms.